The highest BCUT2D eigenvalue weighted by molar-refractivity contribution is 6.07. The van der Waals surface area contributed by atoms with Gasteiger partial charge in [-0.2, -0.15) is 0 Å². The van der Waals surface area contributed by atoms with Crippen molar-refractivity contribution in [2.45, 2.75) is 50.7 Å². The Balaban J connectivity index is 1.20. The summed E-state index contributed by atoms with van der Waals surface area (Å²) < 4.78 is 0. The lowest BCUT2D eigenvalue weighted by Gasteiger charge is -2.42. The first-order valence-electron chi connectivity index (χ1n) is 12.2. The molecule has 3 amide bonds. The third-order valence-electron chi connectivity index (χ3n) is 7.94. The third-order valence-corrected chi connectivity index (χ3v) is 7.94. The van der Waals surface area contributed by atoms with Gasteiger partial charge in [-0.1, -0.05) is 36.4 Å². The highest BCUT2D eigenvalue weighted by atomic mass is 16.2. The number of imide groups is 1. The van der Waals surface area contributed by atoms with Gasteiger partial charge in [0.1, 0.15) is 5.54 Å². The standard InChI is InChI=1S/C27H29N5O2/c1-2-31-26(34)32(22-16-19-6-3-4-7-20(19)17-22)25(33)27(31)10-14-30(15-11-27)18-21-8-5-9-23-24(21)29-13-12-28-23/h3-9,12-13,22H,2,10-11,14-18H2,1H3. The third kappa shape index (κ3) is 3.21. The maximum atomic E-state index is 13.9. The fourth-order valence-corrected chi connectivity index (χ4v) is 6.20. The number of hydrogen-bond acceptors (Lipinski definition) is 5. The second-order valence-electron chi connectivity index (χ2n) is 9.68. The highest BCUT2D eigenvalue weighted by Gasteiger charge is 2.59. The van der Waals surface area contributed by atoms with Crippen LogP contribution in [-0.2, 0) is 24.2 Å². The molecule has 7 nitrogen and oxygen atoms in total. The first-order valence-corrected chi connectivity index (χ1v) is 12.2. The minimum atomic E-state index is -0.713. The number of fused-ring (bicyclic) bond motifs is 2. The minimum absolute atomic E-state index is 0.00725. The summed E-state index contributed by atoms with van der Waals surface area (Å²) in [6, 6.07) is 14.2. The van der Waals surface area contributed by atoms with Crippen LogP contribution in [0.4, 0.5) is 4.79 Å². The van der Waals surface area contributed by atoms with E-state index in [4.69, 9.17) is 0 Å². The number of nitrogens with zero attached hydrogens (tertiary/aromatic N) is 5. The number of urea groups is 1. The molecular weight excluding hydrogens is 426 g/mol. The number of carbonyl (C=O) groups excluding carboxylic acids is 2. The molecule has 2 aromatic carbocycles. The van der Waals surface area contributed by atoms with E-state index in [2.05, 4.69) is 33.1 Å². The van der Waals surface area contributed by atoms with E-state index in [9.17, 15) is 9.59 Å². The summed E-state index contributed by atoms with van der Waals surface area (Å²) in [6.45, 7) is 4.85. The summed E-state index contributed by atoms with van der Waals surface area (Å²) in [6.07, 6.45) is 6.30. The highest BCUT2D eigenvalue weighted by Crippen LogP contribution is 2.40. The van der Waals surface area contributed by atoms with Crippen LogP contribution in [0.2, 0.25) is 0 Å². The number of carbonyl (C=O) groups is 2. The number of benzene rings is 2. The predicted molar refractivity (Wildman–Crippen MR) is 129 cm³/mol. The van der Waals surface area contributed by atoms with Crippen LogP contribution >= 0.6 is 0 Å². The first kappa shape index (κ1) is 21.2. The van der Waals surface area contributed by atoms with Crippen molar-refractivity contribution in [1.82, 2.24) is 24.7 Å². The second-order valence-corrected chi connectivity index (χ2v) is 9.68. The van der Waals surface area contributed by atoms with Crippen LogP contribution in [-0.4, -0.2) is 67.8 Å². The smallest absolute Gasteiger partial charge is 0.310 e. The molecule has 3 aromatic rings. The molecule has 2 saturated heterocycles. The summed E-state index contributed by atoms with van der Waals surface area (Å²) >= 11 is 0. The number of likely N-dealkylation sites (tertiary alicyclic amines) is 1. The zero-order valence-corrected chi connectivity index (χ0v) is 19.5. The molecule has 0 atom stereocenters. The zero-order chi connectivity index (χ0) is 23.3. The summed E-state index contributed by atoms with van der Waals surface area (Å²) in [7, 11) is 0. The summed E-state index contributed by atoms with van der Waals surface area (Å²) in [5, 5.41) is 0. The average molecular weight is 456 g/mol. The summed E-state index contributed by atoms with van der Waals surface area (Å²) in [5.74, 6) is 0.00725. The van der Waals surface area contributed by atoms with Crippen molar-refractivity contribution in [2.24, 2.45) is 0 Å². The molecule has 34 heavy (non-hydrogen) atoms. The first-order chi connectivity index (χ1) is 16.6. The number of piperidine rings is 1. The van der Waals surface area contributed by atoms with Gasteiger partial charge in [0.05, 0.1) is 11.0 Å². The molecule has 6 rings (SSSR count). The van der Waals surface area contributed by atoms with Crippen LogP contribution in [0.5, 0.6) is 0 Å². The van der Waals surface area contributed by atoms with E-state index in [1.807, 2.05) is 36.1 Å². The van der Waals surface area contributed by atoms with Gasteiger partial charge in [0.2, 0.25) is 0 Å². The molecule has 1 spiro atoms. The van der Waals surface area contributed by atoms with Gasteiger partial charge in [-0.05, 0) is 55.4 Å². The number of likely N-dealkylation sites (N-methyl/N-ethyl adjacent to an activating group) is 1. The normalized spacial score (nSPS) is 20.6. The van der Waals surface area contributed by atoms with E-state index in [-0.39, 0.29) is 18.0 Å². The summed E-state index contributed by atoms with van der Waals surface area (Å²) in [5.41, 5.74) is 4.77. The zero-order valence-electron chi connectivity index (χ0n) is 19.5. The monoisotopic (exact) mass is 455 g/mol. The lowest BCUT2D eigenvalue weighted by molar-refractivity contribution is -0.137. The number of para-hydroxylation sites is 1. The quantitative estimate of drug-likeness (QED) is 0.564. The maximum absolute atomic E-state index is 13.9. The Morgan fingerprint density at radius 3 is 2.35 bits per heavy atom. The Hall–Kier alpha value is -3.32. The SMILES string of the molecule is CCN1C(=O)N(C2Cc3ccccc3C2)C(=O)C12CCN(Cc1cccc3nccnc13)CC2. The summed E-state index contributed by atoms with van der Waals surface area (Å²) in [4.78, 5) is 42.1. The lowest BCUT2D eigenvalue weighted by Crippen LogP contribution is -2.56. The number of rotatable bonds is 4. The molecule has 0 radical (unpaired) electrons. The largest absolute Gasteiger partial charge is 0.327 e. The van der Waals surface area contributed by atoms with Gasteiger partial charge in [-0.3, -0.25) is 24.6 Å². The molecule has 2 fully saturated rings. The van der Waals surface area contributed by atoms with E-state index in [0.717, 1.165) is 49.1 Å². The molecular formula is C27H29N5O2. The van der Waals surface area contributed by atoms with Crippen LogP contribution in [0.3, 0.4) is 0 Å². The number of aromatic nitrogens is 2. The Morgan fingerprint density at radius 1 is 0.941 bits per heavy atom. The number of amides is 3. The topological polar surface area (TPSA) is 69.6 Å². The fourth-order valence-electron chi connectivity index (χ4n) is 6.20. The van der Waals surface area contributed by atoms with Gasteiger partial charge < -0.3 is 4.90 Å². The molecule has 3 aliphatic rings. The van der Waals surface area contributed by atoms with E-state index in [1.165, 1.54) is 11.1 Å². The Labute approximate surface area is 199 Å². The number of hydrogen-bond donors (Lipinski definition) is 0. The molecule has 0 bridgehead atoms. The molecule has 1 aromatic heterocycles. The van der Waals surface area contributed by atoms with Crippen LogP contribution in [0, 0.1) is 0 Å². The molecule has 3 heterocycles. The lowest BCUT2D eigenvalue weighted by atomic mass is 9.85. The van der Waals surface area contributed by atoms with Crippen LogP contribution in [0.1, 0.15) is 36.5 Å². The Bertz CT molecular complexity index is 1240. The second kappa shape index (κ2) is 8.17. The van der Waals surface area contributed by atoms with E-state index in [1.54, 1.807) is 17.3 Å². The van der Waals surface area contributed by atoms with Gasteiger partial charge >= 0.3 is 6.03 Å². The van der Waals surface area contributed by atoms with Gasteiger partial charge in [-0.15, -0.1) is 0 Å². The van der Waals surface area contributed by atoms with E-state index < -0.39 is 5.54 Å². The van der Waals surface area contributed by atoms with Crippen molar-refractivity contribution >= 4 is 23.0 Å². The van der Waals surface area contributed by atoms with Gasteiger partial charge in [-0.25, -0.2) is 4.79 Å². The molecule has 7 heteroatoms. The van der Waals surface area contributed by atoms with Gasteiger partial charge in [0, 0.05) is 44.6 Å². The van der Waals surface area contributed by atoms with Crippen LogP contribution in [0.15, 0.2) is 54.9 Å². The van der Waals surface area contributed by atoms with Crippen molar-refractivity contribution in [1.29, 1.82) is 0 Å². The molecule has 0 N–H and O–H groups in total. The van der Waals surface area contributed by atoms with Gasteiger partial charge in [0.15, 0.2) is 0 Å². The van der Waals surface area contributed by atoms with Crippen molar-refractivity contribution < 1.29 is 9.59 Å². The Morgan fingerprint density at radius 2 is 1.65 bits per heavy atom. The fraction of sp³-hybridized carbons (Fsp3) is 0.407. The van der Waals surface area contributed by atoms with E-state index in [0.29, 0.717) is 19.4 Å². The minimum Gasteiger partial charge on any atom is -0.310 e. The van der Waals surface area contributed by atoms with E-state index >= 15 is 0 Å². The Kier molecular flexibility index (Phi) is 5.10. The average Bonchev–Trinajstić information content (AvgIpc) is 3.37. The molecule has 1 aliphatic carbocycles. The molecule has 0 unspecified atom stereocenters. The predicted octanol–water partition coefficient (Wildman–Crippen LogP) is 3.42. The van der Waals surface area contributed by atoms with Gasteiger partial charge in [0.25, 0.3) is 5.91 Å². The maximum Gasteiger partial charge on any atom is 0.327 e. The van der Waals surface area contributed by atoms with Crippen LogP contribution < -0.4 is 0 Å². The van der Waals surface area contributed by atoms with Crippen molar-refractivity contribution in [2.75, 3.05) is 19.6 Å². The molecule has 2 aliphatic heterocycles. The molecule has 174 valence electrons. The van der Waals surface area contributed by atoms with Crippen LogP contribution in [0.25, 0.3) is 11.0 Å². The van der Waals surface area contributed by atoms with Crippen molar-refractivity contribution in [3.05, 3.63) is 71.5 Å². The van der Waals surface area contributed by atoms with Crippen molar-refractivity contribution in [3.63, 3.8) is 0 Å². The molecule has 0 saturated carbocycles. The van der Waals surface area contributed by atoms with Crippen molar-refractivity contribution in [3.8, 4) is 0 Å².